The van der Waals surface area contributed by atoms with E-state index >= 15 is 0 Å². The average Bonchev–Trinajstić information content (AvgIpc) is 2.89. The molecule has 20 heavy (non-hydrogen) atoms. The van der Waals surface area contributed by atoms with E-state index in [0.29, 0.717) is 5.92 Å². The fourth-order valence-corrected chi connectivity index (χ4v) is 3.16. The summed E-state index contributed by atoms with van der Waals surface area (Å²) in [5.41, 5.74) is 2.99. The van der Waals surface area contributed by atoms with E-state index < -0.39 is 10.0 Å². The first-order valence-corrected chi connectivity index (χ1v) is 8.98. The van der Waals surface area contributed by atoms with Crippen LogP contribution in [0.1, 0.15) is 38.2 Å². The summed E-state index contributed by atoms with van der Waals surface area (Å²) in [5.74, 6) is 0.293. The molecule has 0 aliphatic carbocycles. The molecule has 0 saturated carbocycles. The summed E-state index contributed by atoms with van der Waals surface area (Å²) < 4.78 is 25.1. The second-order valence-electron chi connectivity index (χ2n) is 5.82. The molecule has 1 fully saturated rings. The van der Waals surface area contributed by atoms with E-state index in [1.807, 2.05) is 6.07 Å². The maximum absolute atomic E-state index is 11.9. The van der Waals surface area contributed by atoms with Crippen molar-refractivity contribution < 1.29 is 8.42 Å². The van der Waals surface area contributed by atoms with Gasteiger partial charge in [0.25, 0.3) is 0 Å². The third-order valence-corrected chi connectivity index (χ3v) is 5.14. The van der Waals surface area contributed by atoms with Crippen molar-refractivity contribution in [1.82, 2.24) is 0 Å². The molecule has 0 unspecified atom stereocenters. The SMILES string of the molecule is CC(C)c1ccc(N2CCCC2)cc1N(C)S(C)(=O)=O. The van der Waals surface area contributed by atoms with Gasteiger partial charge in [0.2, 0.25) is 10.0 Å². The molecule has 0 aromatic heterocycles. The number of hydrogen-bond donors (Lipinski definition) is 0. The minimum absolute atomic E-state index is 0.293. The van der Waals surface area contributed by atoms with Crippen LogP contribution in [0.3, 0.4) is 0 Å². The highest BCUT2D eigenvalue weighted by Crippen LogP contribution is 2.33. The lowest BCUT2D eigenvalue weighted by molar-refractivity contribution is 0.600. The van der Waals surface area contributed by atoms with E-state index in [1.165, 1.54) is 23.4 Å². The lowest BCUT2D eigenvalue weighted by Gasteiger charge is -2.25. The fourth-order valence-electron chi connectivity index (χ4n) is 2.64. The number of rotatable bonds is 4. The van der Waals surface area contributed by atoms with Gasteiger partial charge in [0.1, 0.15) is 0 Å². The van der Waals surface area contributed by atoms with Crippen molar-refractivity contribution in [3.05, 3.63) is 23.8 Å². The molecule has 0 bridgehead atoms. The molecule has 1 aliphatic heterocycles. The Morgan fingerprint density at radius 2 is 1.80 bits per heavy atom. The summed E-state index contributed by atoms with van der Waals surface area (Å²) in [6, 6.07) is 6.19. The monoisotopic (exact) mass is 296 g/mol. The summed E-state index contributed by atoms with van der Waals surface area (Å²) in [6.07, 6.45) is 3.67. The van der Waals surface area contributed by atoms with Crippen molar-refractivity contribution in [1.29, 1.82) is 0 Å². The van der Waals surface area contributed by atoms with Crippen LogP contribution < -0.4 is 9.21 Å². The summed E-state index contributed by atoms with van der Waals surface area (Å²) in [6.45, 7) is 6.29. The summed E-state index contributed by atoms with van der Waals surface area (Å²) in [7, 11) is -1.61. The van der Waals surface area contributed by atoms with Crippen LogP contribution in [0.25, 0.3) is 0 Å². The Bertz CT molecular complexity index is 576. The second kappa shape index (κ2) is 5.64. The van der Waals surface area contributed by atoms with Gasteiger partial charge in [-0.1, -0.05) is 19.9 Å². The third kappa shape index (κ3) is 3.08. The Kier molecular flexibility index (Phi) is 4.28. The summed E-state index contributed by atoms with van der Waals surface area (Å²) in [4.78, 5) is 2.32. The van der Waals surface area contributed by atoms with Crippen LogP contribution in [0.15, 0.2) is 18.2 Å². The number of nitrogens with zero attached hydrogens (tertiary/aromatic N) is 2. The molecule has 5 heteroatoms. The molecule has 2 rings (SSSR count). The Morgan fingerprint density at radius 1 is 1.20 bits per heavy atom. The largest absolute Gasteiger partial charge is 0.371 e. The van der Waals surface area contributed by atoms with E-state index in [2.05, 4.69) is 30.9 Å². The zero-order chi connectivity index (χ0) is 14.9. The molecule has 1 heterocycles. The van der Waals surface area contributed by atoms with Crippen LogP contribution in [0.2, 0.25) is 0 Å². The zero-order valence-electron chi connectivity index (χ0n) is 12.8. The molecule has 1 aromatic rings. The molecule has 1 aromatic carbocycles. The molecule has 4 nitrogen and oxygen atoms in total. The number of hydrogen-bond acceptors (Lipinski definition) is 3. The predicted molar refractivity (Wildman–Crippen MR) is 85.2 cm³/mol. The van der Waals surface area contributed by atoms with Crippen molar-refractivity contribution in [2.45, 2.75) is 32.6 Å². The minimum atomic E-state index is -3.24. The Balaban J connectivity index is 2.46. The average molecular weight is 296 g/mol. The standard InChI is InChI=1S/C15H24N2O2S/c1-12(2)14-8-7-13(17-9-5-6-10-17)11-15(14)16(3)20(4,18)19/h7-8,11-12H,5-6,9-10H2,1-4H3. The van der Waals surface area contributed by atoms with Crippen LogP contribution in [-0.2, 0) is 10.0 Å². The highest BCUT2D eigenvalue weighted by Gasteiger charge is 2.20. The normalized spacial score (nSPS) is 15.9. The molecule has 0 amide bonds. The minimum Gasteiger partial charge on any atom is -0.371 e. The van der Waals surface area contributed by atoms with Gasteiger partial charge in [-0.2, -0.15) is 0 Å². The molecule has 0 N–H and O–H groups in total. The lowest BCUT2D eigenvalue weighted by Crippen LogP contribution is -2.27. The van der Waals surface area contributed by atoms with E-state index in [4.69, 9.17) is 0 Å². The van der Waals surface area contributed by atoms with Gasteiger partial charge in [-0.25, -0.2) is 8.42 Å². The van der Waals surface area contributed by atoms with Crippen molar-refractivity contribution in [3.8, 4) is 0 Å². The maximum atomic E-state index is 11.9. The molecule has 0 radical (unpaired) electrons. The number of benzene rings is 1. The molecule has 112 valence electrons. The first-order chi connectivity index (χ1) is 9.30. The molecule has 1 aliphatic rings. The van der Waals surface area contributed by atoms with Crippen molar-refractivity contribution in [2.24, 2.45) is 0 Å². The highest BCUT2D eigenvalue weighted by molar-refractivity contribution is 7.92. The smallest absolute Gasteiger partial charge is 0.232 e. The van der Waals surface area contributed by atoms with E-state index in [0.717, 1.165) is 30.0 Å². The van der Waals surface area contributed by atoms with E-state index in [-0.39, 0.29) is 0 Å². The van der Waals surface area contributed by atoms with Crippen molar-refractivity contribution >= 4 is 21.4 Å². The van der Waals surface area contributed by atoms with Gasteiger partial charge in [0.15, 0.2) is 0 Å². The predicted octanol–water partition coefficient (Wildman–Crippen LogP) is 2.81. The van der Waals surface area contributed by atoms with Gasteiger partial charge < -0.3 is 4.90 Å². The van der Waals surface area contributed by atoms with Gasteiger partial charge in [-0.05, 0) is 36.5 Å². The summed E-state index contributed by atoms with van der Waals surface area (Å²) in [5, 5.41) is 0. The Hall–Kier alpha value is -1.23. The van der Waals surface area contributed by atoms with Crippen LogP contribution in [0.4, 0.5) is 11.4 Å². The van der Waals surface area contributed by atoms with Gasteiger partial charge in [-0.3, -0.25) is 4.31 Å². The van der Waals surface area contributed by atoms with E-state index in [9.17, 15) is 8.42 Å². The number of sulfonamides is 1. The molecular weight excluding hydrogens is 272 g/mol. The topological polar surface area (TPSA) is 40.6 Å². The van der Waals surface area contributed by atoms with Crippen LogP contribution >= 0.6 is 0 Å². The molecule has 1 saturated heterocycles. The van der Waals surface area contributed by atoms with Gasteiger partial charge in [0.05, 0.1) is 11.9 Å². The third-order valence-electron chi connectivity index (χ3n) is 3.94. The van der Waals surface area contributed by atoms with Crippen molar-refractivity contribution in [2.75, 3.05) is 35.6 Å². The number of anilines is 2. The maximum Gasteiger partial charge on any atom is 0.232 e. The van der Waals surface area contributed by atoms with E-state index in [1.54, 1.807) is 7.05 Å². The first-order valence-electron chi connectivity index (χ1n) is 7.13. The van der Waals surface area contributed by atoms with Crippen molar-refractivity contribution in [3.63, 3.8) is 0 Å². The Labute approximate surface area is 122 Å². The van der Waals surface area contributed by atoms with Crippen LogP contribution in [0, 0.1) is 0 Å². The zero-order valence-corrected chi connectivity index (χ0v) is 13.6. The lowest BCUT2D eigenvalue weighted by atomic mass is 10.0. The van der Waals surface area contributed by atoms with Gasteiger partial charge >= 0.3 is 0 Å². The van der Waals surface area contributed by atoms with Crippen LogP contribution in [-0.4, -0.2) is 34.8 Å². The Morgan fingerprint density at radius 3 is 2.30 bits per heavy atom. The molecule has 0 spiro atoms. The summed E-state index contributed by atoms with van der Waals surface area (Å²) >= 11 is 0. The van der Waals surface area contributed by atoms with Gasteiger partial charge in [-0.15, -0.1) is 0 Å². The highest BCUT2D eigenvalue weighted by atomic mass is 32.2. The quantitative estimate of drug-likeness (QED) is 0.858. The van der Waals surface area contributed by atoms with Gasteiger partial charge in [0, 0.05) is 25.8 Å². The first kappa shape index (κ1) is 15.2. The van der Waals surface area contributed by atoms with Crippen LogP contribution in [0.5, 0.6) is 0 Å². The second-order valence-corrected chi connectivity index (χ2v) is 7.84. The fraction of sp³-hybridized carbons (Fsp3) is 0.600. The molecular formula is C15H24N2O2S. The molecule has 0 atom stereocenters.